The lowest BCUT2D eigenvalue weighted by molar-refractivity contribution is 0.410. The molecule has 0 aliphatic carbocycles. The van der Waals surface area contributed by atoms with Crippen LogP contribution in [0.15, 0.2) is 24.3 Å². The molecule has 0 saturated heterocycles. The quantitative estimate of drug-likeness (QED) is 0.898. The molecule has 1 aromatic heterocycles. The standard InChI is InChI=1S/C14H19N3O/c1-4-10-5-6-13(18-3)11(7-10)8-12-9-14(15)17(2)16-12/h5-7,9H,4,8,15H2,1-3H3. The maximum absolute atomic E-state index is 5.79. The molecule has 2 N–H and O–H groups in total. The van der Waals surface area contributed by atoms with Gasteiger partial charge in [-0.05, 0) is 18.1 Å². The minimum Gasteiger partial charge on any atom is -0.496 e. The summed E-state index contributed by atoms with van der Waals surface area (Å²) in [5, 5.41) is 4.37. The Morgan fingerprint density at radius 1 is 1.33 bits per heavy atom. The Bertz CT molecular complexity index is 526. The van der Waals surface area contributed by atoms with E-state index in [0.29, 0.717) is 5.82 Å². The molecule has 0 spiro atoms. The Balaban J connectivity index is 2.31. The molecule has 2 aromatic rings. The first-order valence-electron chi connectivity index (χ1n) is 6.08. The van der Waals surface area contributed by atoms with Gasteiger partial charge in [0.2, 0.25) is 0 Å². The topological polar surface area (TPSA) is 53.1 Å². The van der Waals surface area contributed by atoms with Gasteiger partial charge in [0.25, 0.3) is 0 Å². The number of nitrogens with zero attached hydrogens (tertiary/aromatic N) is 2. The van der Waals surface area contributed by atoms with Gasteiger partial charge in [0, 0.05) is 25.1 Å². The van der Waals surface area contributed by atoms with Crippen molar-refractivity contribution in [3.63, 3.8) is 0 Å². The van der Waals surface area contributed by atoms with Gasteiger partial charge in [-0.2, -0.15) is 5.10 Å². The van der Waals surface area contributed by atoms with Gasteiger partial charge in [-0.3, -0.25) is 4.68 Å². The van der Waals surface area contributed by atoms with E-state index in [2.05, 4.69) is 24.2 Å². The van der Waals surface area contributed by atoms with Crippen LogP contribution < -0.4 is 10.5 Å². The Morgan fingerprint density at radius 3 is 2.67 bits per heavy atom. The smallest absolute Gasteiger partial charge is 0.122 e. The van der Waals surface area contributed by atoms with Crippen molar-refractivity contribution in [3.05, 3.63) is 41.1 Å². The highest BCUT2D eigenvalue weighted by Gasteiger charge is 2.08. The average molecular weight is 245 g/mol. The predicted octanol–water partition coefficient (Wildman–Crippen LogP) is 2.16. The summed E-state index contributed by atoms with van der Waals surface area (Å²) in [5.74, 6) is 1.58. The van der Waals surface area contributed by atoms with Crippen LogP contribution in [0.4, 0.5) is 5.82 Å². The second kappa shape index (κ2) is 5.12. The minimum absolute atomic E-state index is 0.676. The van der Waals surface area contributed by atoms with Crippen molar-refractivity contribution >= 4 is 5.82 Å². The second-order valence-corrected chi connectivity index (χ2v) is 4.36. The van der Waals surface area contributed by atoms with Gasteiger partial charge in [-0.25, -0.2) is 0 Å². The molecule has 4 heteroatoms. The maximum atomic E-state index is 5.79. The third kappa shape index (κ3) is 2.47. The highest BCUT2D eigenvalue weighted by Crippen LogP contribution is 2.23. The van der Waals surface area contributed by atoms with E-state index < -0.39 is 0 Å². The number of nitrogen functional groups attached to an aromatic ring is 1. The normalized spacial score (nSPS) is 10.6. The zero-order valence-electron chi connectivity index (χ0n) is 11.1. The Labute approximate surface area is 107 Å². The van der Waals surface area contributed by atoms with Crippen LogP contribution in [0.3, 0.4) is 0 Å². The lowest BCUT2D eigenvalue weighted by Crippen LogP contribution is -1.98. The third-order valence-corrected chi connectivity index (χ3v) is 3.09. The van der Waals surface area contributed by atoms with Crippen molar-refractivity contribution in [2.24, 2.45) is 7.05 Å². The summed E-state index contributed by atoms with van der Waals surface area (Å²) >= 11 is 0. The summed E-state index contributed by atoms with van der Waals surface area (Å²) in [6.07, 6.45) is 1.75. The molecule has 4 nitrogen and oxygen atoms in total. The molecule has 0 aliphatic heterocycles. The largest absolute Gasteiger partial charge is 0.496 e. The number of aryl methyl sites for hydroxylation is 2. The Kier molecular flexibility index (Phi) is 3.55. The minimum atomic E-state index is 0.676. The van der Waals surface area contributed by atoms with Gasteiger partial charge < -0.3 is 10.5 Å². The van der Waals surface area contributed by atoms with Crippen molar-refractivity contribution in [1.29, 1.82) is 0 Å². The highest BCUT2D eigenvalue weighted by atomic mass is 16.5. The summed E-state index contributed by atoms with van der Waals surface area (Å²) in [6.45, 7) is 2.14. The van der Waals surface area contributed by atoms with Crippen LogP contribution in [0.5, 0.6) is 5.75 Å². The van der Waals surface area contributed by atoms with Crippen LogP contribution in [0, 0.1) is 0 Å². The summed E-state index contributed by atoms with van der Waals surface area (Å²) in [5.41, 5.74) is 9.20. The fraction of sp³-hybridized carbons (Fsp3) is 0.357. The summed E-state index contributed by atoms with van der Waals surface area (Å²) < 4.78 is 7.07. The molecule has 0 radical (unpaired) electrons. The molecule has 2 rings (SSSR count). The lowest BCUT2D eigenvalue weighted by Gasteiger charge is -2.09. The van der Waals surface area contributed by atoms with E-state index in [0.717, 1.165) is 29.8 Å². The Hall–Kier alpha value is -1.97. The summed E-state index contributed by atoms with van der Waals surface area (Å²) in [6, 6.07) is 8.18. The molecular weight excluding hydrogens is 226 g/mol. The van der Waals surface area contributed by atoms with E-state index >= 15 is 0 Å². The first-order valence-corrected chi connectivity index (χ1v) is 6.08. The highest BCUT2D eigenvalue weighted by molar-refractivity contribution is 5.41. The molecule has 0 aliphatic rings. The van der Waals surface area contributed by atoms with Gasteiger partial charge in [-0.1, -0.05) is 19.1 Å². The van der Waals surface area contributed by atoms with Crippen LogP contribution in [0.2, 0.25) is 0 Å². The first-order chi connectivity index (χ1) is 8.63. The number of aromatic nitrogens is 2. The molecule has 96 valence electrons. The predicted molar refractivity (Wildman–Crippen MR) is 72.8 cm³/mol. The zero-order valence-corrected chi connectivity index (χ0v) is 11.1. The zero-order chi connectivity index (χ0) is 13.1. The molecule has 0 saturated carbocycles. The van der Waals surface area contributed by atoms with Gasteiger partial charge in [0.1, 0.15) is 11.6 Å². The molecule has 0 atom stereocenters. The van der Waals surface area contributed by atoms with Crippen LogP contribution in [0.1, 0.15) is 23.7 Å². The number of nitrogens with two attached hydrogens (primary N) is 1. The molecule has 1 heterocycles. The fourth-order valence-electron chi connectivity index (χ4n) is 2.01. The molecule has 1 aromatic carbocycles. The molecule has 0 bridgehead atoms. The molecule has 0 fully saturated rings. The maximum Gasteiger partial charge on any atom is 0.122 e. The molecule has 0 amide bonds. The van der Waals surface area contributed by atoms with Gasteiger partial charge in [0.15, 0.2) is 0 Å². The van der Waals surface area contributed by atoms with Gasteiger partial charge in [0.05, 0.1) is 12.8 Å². The number of methoxy groups -OCH3 is 1. The van der Waals surface area contributed by atoms with Crippen molar-refractivity contribution < 1.29 is 4.74 Å². The number of anilines is 1. The fourth-order valence-corrected chi connectivity index (χ4v) is 2.01. The van der Waals surface area contributed by atoms with Crippen molar-refractivity contribution in [3.8, 4) is 5.75 Å². The third-order valence-electron chi connectivity index (χ3n) is 3.09. The average Bonchev–Trinajstić information content (AvgIpc) is 2.68. The van der Waals surface area contributed by atoms with E-state index in [9.17, 15) is 0 Å². The summed E-state index contributed by atoms with van der Waals surface area (Å²) in [7, 11) is 3.54. The summed E-state index contributed by atoms with van der Waals surface area (Å²) in [4.78, 5) is 0. The van der Waals surface area contributed by atoms with Crippen LogP contribution in [-0.4, -0.2) is 16.9 Å². The van der Waals surface area contributed by atoms with Crippen LogP contribution in [0.25, 0.3) is 0 Å². The Morgan fingerprint density at radius 2 is 2.11 bits per heavy atom. The number of ether oxygens (including phenoxy) is 1. The van der Waals surface area contributed by atoms with Crippen molar-refractivity contribution in [2.45, 2.75) is 19.8 Å². The van der Waals surface area contributed by atoms with E-state index in [1.54, 1.807) is 11.8 Å². The first kappa shape index (κ1) is 12.5. The van der Waals surface area contributed by atoms with E-state index in [-0.39, 0.29) is 0 Å². The number of rotatable bonds is 4. The van der Waals surface area contributed by atoms with Crippen molar-refractivity contribution in [2.75, 3.05) is 12.8 Å². The van der Waals surface area contributed by atoms with Crippen molar-refractivity contribution in [1.82, 2.24) is 9.78 Å². The molecular formula is C14H19N3O. The monoisotopic (exact) mass is 245 g/mol. The van der Waals surface area contributed by atoms with E-state index in [1.165, 1.54) is 5.56 Å². The number of hydrogen-bond donors (Lipinski definition) is 1. The number of hydrogen-bond acceptors (Lipinski definition) is 3. The SMILES string of the molecule is CCc1ccc(OC)c(Cc2cc(N)n(C)n2)c1. The lowest BCUT2D eigenvalue weighted by atomic mass is 10.0. The molecule has 0 unspecified atom stereocenters. The number of benzene rings is 1. The van der Waals surface area contributed by atoms with E-state index in [1.807, 2.05) is 19.2 Å². The van der Waals surface area contributed by atoms with Gasteiger partial charge >= 0.3 is 0 Å². The second-order valence-electron chi connectivity index (χ2n) is 4.36. The van der Waals surface area contributed by atoms with Crippen LogP contribution >= 0.6 is 0 Å². The van der Waals surface area contributed by atoms with E-state index in [4.69, 9.17) is 10.5 Å². The molecule has 18 heavy (non-hydrogen) atoms. The van der Waals surface area contributed by atoms with Gasteiger partial charge in [-0.15, -0.1) is 0 Å². The van der Waals surface area contributed by atoms with Crippen LogP contribution in [-0.2, 0) is 19.9 Å².